The number of carbonyl (C=O) groups excluding carboxylic acids is 2. The van der Waals surface area contributed by atoms with Crippen LogP contribution in [-0.4, -0.2) is 67.5 Å². The van der Waals surface area contributed by atoms with Crippen molar-refractivity contribution in [2.75, 3.05) is 44.7 Å². The third-order valence-corrected chi connectivity index (χ3v) is 5.14. The molecule has 6 nitrogen and oxygen atoms in total. The third kappa shape index (κ3) is 4.12. The Bertz CT molecular complexity index is 611. The molecular weight excluding hydrogens is 318 g/mol. The maximum atomic E-state index is 12.6. The Hall–Kier alpha value is -2.08. The topological polar surface area (TPSA) is 53.1 Å². The van der Waals surface area contributed by atoms with Crippen molar-refractivity contribution in [1.82, 2.24) is 9.80 Å². The Morgan fingerprint density at radius 1 is 1.16 bits per heavy atom. The van der Waals surface area contributed by atoms with Crippen molar-refractivity contribution in [1.29, 1.82) is 0 Å². The van der Waals surface area contributed by atoms with Gasteiger partial charge in [0.15, 0.2) is 0 Å². The van der Waals surface area contributed by atoms with Gasteiger partial charge in [-0.25, -0.2) is 0 Å². The minimum absolute atomic E-state index is 0.0368. The van der Waals surface area contributed by atoms with E-state index in [0.717, 1.165) is 37.4 Å². The highest BCUT2D eigenvalue weighted by Gasteiger charge is 2.32. The van der Waals surface area contributed by atoms with Gasteiger partial charge < -0.3 is 14.5 Å². The van der Waals surface area contributed by atoms with Gasteiger partial charge in [-0.3, -0.25) is 14.5 Å². The summed E-state index contributed by atoms with van der Waals surface area (Å²) in [6.45, 7) is 5.00. The smallest absolute Gasteiger partial charge is 0.241 e. The summed E-state index contributed by atoms with van der Waals surface area (Å²) in [6, 6.07) is 7.67. The maximum absolute atomic E-state index is 12.6. The van der Waals surface area contributed by atoms with Gasteiger partial charge in [0, 0.05) is 31.4 Å². The Labute approximate surface area is 149 Å². The summed E-state index contributed by atoms with van der Waals surface area (Å²) >= 11 is 0. The zero-order chi connectivity index (χ0) is 17.8. The molecule has 0 saturated carbocycles. The number of ether oxygens (including phenoxy) is 1. The number of hydrogen-bond acceptors (Lipinski definition) is 4. The number of anilines is 1. The van der Waals surface area contributed by atoms with Crippen LogP contribution in [0.3, 0.4) is 0 Å². The minimum Gasteiger partial charge on any atom is -0.497 e. The van der Waals surface area contributed by atoms with Gasteiger partial charge in [0.25, 0.3) is 0 Å². The molecule has 0 bridgehead atoms. The van der Waals surface area contributed by atoms with Gasteiger partial charge in [0.1, 0.15) is 5.75 Å². The summed E-state index contributed by atoms with van der Waals surface area (Å²) in [7, 11) is 1.63. The lowest BCUT2D eigenvalue weighted by molar-refractivity contribution is -0.135. The molecule has 1 aromatic carbocycles. The van der Waals surface area contributed by atoms with Gasteiger partial charge in [-0.05, 0) is 50.5 Å². The second kappa shape index (κ2) is 7.87. The summed E-state index contributed by atoms with van der Waals surface area (Å²) in [6.07, 6.45) is 3.39. The molecule has 2 heterocycles. The minimum atomic E-state index is 0.0368. The first-order valence-corrected chi connectivity index (χ1v) is 9.04. The van der Waals surface area contributed by atoms with E-state index >= 15 is 0 Å². The molecule has 2 saturated heterocycles. The molecule has 0 spiro atoms. The number of benzene rings is 1. The number of piperazine rings is 1. The number of carbonyl (C=O) groups is 2. The van der Waals surface area contributed by atoms with Crippen LogP contribution in [0.25, 0.3) is 0 Å². The first-order valence-electron chi connectivity index (χ1n) is 9.04. The van der Waals surface area contributed by atoms with Gasteiger partial charge in [0.2, 0.25) is 11.8 Å². The SMILES string of the molecule is COc1ccc(N2C[C@H](C)N(CC(=O)N3CCCCC3)CC2=O)cc1. The van der Waals surface area contributed by atoms with Crippen LogP contribution in [-0.2, 0) is 9.59 Å². The quantitative estimate of drug-likeness (QED) is 0.834. The summed E-state index contributed by atoms with van der Waals surface area (Å²) in [5, 5.41) is 0. The number of amides is 2. The molecule has 0 aromatic heterocycles. The van der Waals surface area contributed by atoms with E-state index < -0.39 is 0 Å². The van der Waals surface area contributed by atoms with E-state index in [-0.39, 0.29) is 24.4 Å². The fourth-order valence-corrected chi connectivity index (χ4v) is 3.54. The second-order valence-electron chi connectivity index (χ2n) is 6.90. The van der Waals surface area contributed by atoms with Crippen LogP contribution in [0.2, 0.25) is 0 Å². The van der Waals surface area contributed by atoms with Crippen LogP contribution in [0, 0.1) is 0 Å². The van der Waals surface area contributed by atoms with Gasteiger partial charge in [0.05, 0.1) is 20.2 Å². The molecule has 2 amide bonds. The van der Waals surface area contributed by atoms with Crippen molar-refractivity contribution < 1.29 is 14.3 Å². The predicted octanol–water partition coefficient (Wildman–Crippen LogP) is 1.74. The standard InChI is InChI=1S/C19H27N3O3/c1-15-12-22(16-6-8-17(25-2)9-7-16)19(24)14-21(15)13-18(23)20-10-4-3-5-11-20/h6-9,15H,3-5,10-14H2,1-2H3/t15-/m0/s1. The summed E-state index contributed by atoms with van der Waals surface area (Å²) in [5.74, 6) is 0.960. The Morgan fingerprint density at radius 2 is 1.84 bits per heavy atom. The van der Waals surface area contributed by atoms with E-state index in [2.05, 4.69) is 6.92 Å². The highest BCUT2D eigenvalue weighted by atomic mass is 16.5. The molecule has 25 heavy (non-hydrogen) atoms. The molecule has 1 atom stereocenters. The lowest BCUT2D eigenvalue weighted by Crippen LogP contribution is -2.57. The molecule has 0 unspecified atom stereocenters. The van der Waals surface area contributed by atoms with E-state index in [1.807, 2.05) is 34.1 Å². The van der Waals surface area contributed by atoms with Crippen LogP contribution < -0.4 is 9.64 Å². The first-order chi connectivity index (χ1) is 12.1. The van der Waals surface area contributed by atoms with Crippen molar-refractivity contribution >= 4 is 17.5 Å². The van der Waals surface area contributed by atoms with Crippen molar-refractivity contribution in [3.05, 3.63) is 24.3 Å². The van der Waals surface area contributed by atoms with Crippen molar-refractivity contribution in [3.63, 3.8) is 0 Å². The van der Waals surface area contributed by atoms with Gasteiger partial charge in [-0.15, -0.1) is 0 Å². The molecule has 2 aliphatic rings. The summed E-state index contributed by atoms with van der Waals surface area (Å²) in [5.41, 5.74) is 0.875. The van der Waals surface area contributed by atoms with Crippen LogP contribution in [0.1, 0.15) is 26.2 Å². The highest BCUT2D eigenvalue weighted by molar-refractivity contribution is 5.96. The van der Waals surface area contributed by atoms with Crippen molar-refractivity contribution in [3.8, 4) is 5.75 Å². The van der Waals surface area contributed by atoms with E-state index in [1.54, 1.807) is 12.0 Å². The van der Waals surface area contributed by atoms with Crippen LogP contribution in [0.4, 0.5) is 5.69 Å². The molecule has 3 rings (SSSR count). The molecule has 0 N–H and O–H groups in total. The predicted molar refractivity (Wildman–Crippen MR) is 96.8 cm³/mol. The number of methoxy groups -OCH3 is 1. The molecule has 2 aliphatic heterocycles. The number of likely N-dealkylation sites (tertiary alicyclic amines) is 1. The summed E-state index contributed by atoms with van der Waals surface area (Å²) < 4.78 is 5.17. The fourth-order valence-electron chi connectivity index (χ4n) is 3.54. The zero-order valence-electron chi connectivity index (χ0n) is 15.1. The Balaban J connectivity index is 1.61. The van der Waals surface area contributed by atoms with Crippen molar-refractivity contribution in [2.24, 2.45) is 0 Å². The molecule has 6 heteroatoms. The summed E-state index contributed by atoms with van der Waals surface area (Å²) in [4.78, 5) is 30.8. The van der Waals surface area contributed by atoms with E-state index in [1.165, 1.54) is 6.42 Å². The van der Waals surface area contributed by atoms with Crippen LogP contribution >= 0.6 is 0 Å². The third-order valence-electron chi connectivity index (χ3n) is 5.14. The number of hydrogen-bond donors (Lipinski definition) is 0. The molecule has 0 radical (unpaired) electrons. The lowest BCUT2D eigenvalue weighted by Gasteiger charge is -2.40. The molecule has 136 valence electrons. The monoisotopic (exact) mass is 345 g/mol. The van der Waals surface area contributed by atoms with Crippen LogP contribution in [0.15, 0.2) is 24.3 Å². The largest absolute Gasteiger partial charge is 0.497 e. The Kier molecular flexibility index (Phi) is 5.58. The normalized spacial score (nSPS) is 22.2. The molecule has 1 aromatic rings. The maximum Gasteiger partial charge on any atom is 0.241 e. The average Bonchev–Trinajstić information content (AvgIpc) is 2.65. The van der Waals surface area contributed by atoms with Gasteiger partial charge in [-0.1, -0.05) is 0 Å². The molecule has 2 fully saturated rings. The average molecular weight is 345 g/mol. The van der Waals surface area contributed by atoms with Gasteiger partial charge >= 0.3 is 0 Å². The number of rotatable bonds is 4. The van der Waals surface area contributed by atoms with Crippen LogP contribution in [0.5, 0.6) is 5.75 Å². The lowest BCUT2D eigenvalue weighted by atomic mass is 10.1. The molecular formula is C19H27N3O3. The van der Waals surface area contributed by atoms with E-state index in [9.17, 15) is 9.59 Å². The fraction of sp³-hybridized carbons (Fsp3) is 0.579. The first kappa shape index (κ1) is 17.7. The van der Waals surface area contributed by atoms with E-state index in [0.29, 0.717) is 13.1 Å². The second-order valence-corrected chi connectivity index (χ2v) is 6.90. The molecule has 0 aliphatic carbocycles. The highest BCUT2D eigenvalue weighted by Crippen LogP contribution is 2.23. The number of piperidine rings is 1. The Morgan fingerprint density at radius 3 is 2.48 bits per heavy atom. The van der Waals surface area contributed by atoms with Gasteiger partial charge in [-0.2, -0.15) is 0 Å². The zero-order valence-corrected chi connectivity index (χ0v) is 15.1. The van der Waals surface area contributed by atoms with Crippen molar-refractivity contribution in [2.45, 2.75) is 32.2 Å². The number of nitrogens with zero attached hydrogens (tertiary/aromatic N) is 3. The van der Waals surface area contributed by atoms with E-state index in [4.69, 9.17) is 4.74 Å².